The summed E-state index contributed by atoms with van der Waals surface area (Å²) in [6, 6.07) is 6.69. The lowest BCUT2D eigenvalue weighted by molar-refractivity contribution is 0.551. The monoisotopic (exact) mass is 338 g/mol. The fraction of sp³-hybridized carbons (Fsp3) is 0.647. The molecule has 1 unspecified atom stereocenters. The number of nitrogens with one attached hydrogen (secondary N) is 1. The maximum Gasteiger partial charge on any atom is 0.0423 e. The Morgan fingerprint density at radius 1 is 1.40 bits per heavy atom. The van der Waals surface area contributed by atoms with Gasteiger partial charge in [0.2, 0.25) is 0 Å². The number of hydrogen-bond acceptors (Lipinski definition) is 2. The minimum atomic E-state index is 0.699. The van der Waals surface area contributed by atoms with Crippen molar-refractivity contribution in [3.63, 3.8) is 0 Å². The van der Waals surface area contributed by atoms with Crippen LogP contribution in [0.3, 0.4) is 0 Å². The van der Waals surface area contributed by atoms with Gasteiger partial charge in [0, 0.05) is 29.8 Å². The van der Waals surface area contributed by atoms with Crippen molar-refractivity contribution in [2.45, 2.75) is 40.2 Å². The number of anilines is 1. The van der Waals surface area contributed by atoms with Crippen LogP contribution in [0.25, 0.3) is 0 Å². The van der Waals surface area contributed by atoms with E-state index >= 15 is 0 Å². The molecular formula is C17H27BrN2. The van der Waals surface area contributed by atoms with Crippen LogP contribution in [0.5, 0.6) is 0 Å². The third-order valence-corrected chi connectivity index (χ3v) is 4.61. The minimum absolute atomic E-state index is 0.699. The fourth-order valence-corrected chi connectivity index (χ4v) is 3.21. The van der Waals surface area contributed by atoms with Gasteiger partial charge < -0.3 is 10.2 Å². The SMILES string of the molecule is CCC1CCN(c2cc(Br)ccc2CNCC(C)C)C1. The van der Waals surface area contributed by atoms with Crippen molar-refractivity contribution in [1.29, 1.82) is 0 Å². The molecule has 1 aromatic carbocycles. The summed E-state index contributed by atoms with van der Waals surface area (Å²) in [7, 11) is 0. The Hall–Kier alpha value is -0.540. The van der Waals surface area contributed by atoms with Crippen molar-refractivity contribution in [2.24, 2.45) is 11.8 Å². The van der Waals surface area contributed by atoms with Gasteiger partial charge in [-0.05, 0) is 42.5 Å². The van der Waals surface area contributed by atoms with Gasteiger partial charge in [-0.1, -0.05) is 49.2 Å². The number of rotatable bonds is 6. The topological polar surface area (TPSA) is 15.3 Å². The zero-order chi connectivity index (χ0) is 14.5. The van der Waals surface area contributed by atoms with Crippen LogP contribution in [0.1, 0.15) is 39.2 Å². The molecule has 1 aliphatic rings. The van der Waals surface area contributed by atoms with E-state index < -0.39 is 0 Å². The highest BCUT2D eigenvalue weighted by molar-refractivity contribution is 9.10. The van der Waals surface area contributed by atoms with Gasteiger partial charge >= 0.3 is 0 Å². The van der Waals surface area contributed by atoms with Crippen molar-refractivity contribution in [3.05, 3.63) is 28.2 Å². The first kappa shape index (κ1) is 15.8. The summed E-state index contributed by atoms with van der Waals surface area (Å²) < 4.78 is 1.18. The average molecular weight is 339 g/mol. The van der Waals surface area contributed by atoms with Gasteiger partial charge in [-0.3, -0.25) is 0 Å². The van der Waals surface area contributed by atoms with Gasteiger partial charge in [-0.2, -0.15) is 0 Å². The summed E-state index contributed by atoms with van der Waals surface area (Å²) in [6.45, 7) is 11.3. The molecule has 112 valence electrons. The summed E-state index contributed by atoms with van der Waals surface area (Å²) in [5.74, 6) is 1.57. The second kappa shape index (κ2) is 7.46. The normalized spacial score (nSPS) is 19.1. The van der Waals surface area contributed by atoms with Crippen LogP contribution < -0.4 is 10.2 Å². The van der Waals surface area contributed by atoms with Crippen molar-refractivity contribution in [1.82, 2.24) is 5.32 Å². The minimum Gasteiger partial charge on any atom is -0.371 e. The molecule has 0 radical (unpaired) electrons. The Kier molecular flexibility index (Phi) is 5.91. The summed E-state index contributed by atoms with van der Waals surface area (Å²) in [6.07, 6.45) is 2.63. The number of halogens is 1. The van der Waals surface area contributed by atoms with E-state index in [2.05, 4.69) is 65.1 Å². The first-order valence-corrected chi connectivity index (χ1v) is 8.63. The third kappa shape index (κ3) is 4.23. The van der Waals surface area contributed by atoms with E-state index in [0.29, 0.717) is 5.92 Å². The Labute approximate surface area is 132 Å². The zero-order valence-electron chi connectivity index (χ0n) is 13.0. The average Bonchev–Trinajstić information content (AvgIpc) is 2.88. The van der Waals surface area contributed by atoms with E-state index in [1.807, 2.05) is 0 Å². The van der Waals surface area contributed by atoms with Gasteiger partial charge in [0.15, 0.2) is 0 Å². The molecule has 2 nitrogen and oxygen atoms in total. The lowest BCUT2D eigenvalue weighted by Crippen LogP contribution is -2.24. The molecule has 1 N–H and O–H groups in total. The van der Waals surface area contributed by atoms with Crippen LogP contribution in [-0.4, -0.2) is 19.6 Å². The van der Waals surface area contributed by atoms with Crippen LogP contribution in [0.4, 0.5) is 5.69 Å². The second-order valence-corrected chi connectivity index (χ2v) is 7.22. The van der Waals surface area contributed by atoms with Crippen LogP contribution in [0, 0.1) is 11.8 Å². The van der Waals surface area contributed by atoms with E-state index in [1.165, 1.54) is 41.7 Å². The van der Waals surface area contributed by atoms with Gasteiger partial charge in [-0.25, -0.2) is 0 Å². The quantitative estimate of drug-likeness (QED) is 0.825. The molecule has 0 aliphatic carbocycles. The van der Waals surface area contributed by atoms with Gasteiger partial charge in [0.05, 0.1) is 0 Å². The molecule has 2 rings (SSSR count). The van der Waals surface area contributed by atoms with E-state index in [-0.39, 0.29) is 0 Å². The van der Waals surface area contributed by atoms with Crippen LogP contribution in [-0.2, 0) is 6.54 Å². The van der Waals surface area contributed by atoms with Crippen molar-refractivity contribution in [3.8, 4) is 0 Å². The molecule has 0 saturated carbocycles. The van der Waals surface area contributed by atoms with E-state index in [4.69, 9.17) is 0 Å². The van der Waals surface area contributed by atoms with Crippen molar-refractivity contribution < 1.29 is 0 Å². The molecule has 1 heterocycles. The van der Waals surface area contributed by atoms with Gasteiger partial charge in [-0.15, -0.1) is 0 Å². The van der Waals surface area contributed by atoms with Crippen LogP contribution in [0.15, 0.2) is 22.7 Å². The molecule has 1 fully saturated rings. The van der Waals surface area contributed by atoms with E-state index in [1.54, 1.807) is 0 Å². The van der Waals surface area contributed by atoms with Gasteiger partial charge in [0.1, 0.15) is 0 Å². The molecule has 0 bridgehead atoms. The zero-order valence-corrected chi connectivity index (χ0v) is 14.5. The highest BCUT2D eigenvalue weighted by Gasteiger charge is 2.22. The molecular weight excluding hydrogens is 312 g/mol. The molecule has 0 aromatic heterocycles. The lowest BCUT2D eigenvalue weighted by atomic mass is 10.1. The number of hydrogen-bond donors (Lipinski definition) is 1. The summed E-state index contributed by atoms with van der Waals surface area (Å²) >= 11 is 3.62. The Morgan fingerprint density at radius 2 is 2.20 bits per heavy atom. The summed E-state index contributed by atoms with van der Waals surface area (Å²) in [5.41, 5.74) is 2.83. The highest BCUT2D eigenvalue weighted by atomic mass is 79.9. The highest BCUT2D eigenvalue weighted by Crippen LogP contribution is 2.30. The first-order chi connectivity index (χ1) is 9.60. The number of nitrogens with zero attached hydrogens (tertiary/aromatic N) is 1. The van der Waals surface area contributed by atoms with E-state index in [9.17, 15) is 0 Å². The predicted molar refractivity (Wildman–Crippen MR) is 91.3 cm³/mol. The Morgan fingerprint density at radius 3 is 2.85 bits per heavy atom. The standard InChI is InChI=1S/C17H27BrN2/c1-4-14-7-8-20(12-14)17-9-16(18)6-5-15(17)11-19-10-13(2)3/h5-6,9,13-14,19H,4,7-8,10-12H2,1-3H3. The smallest absolute Gasteiger partial charge is 0.0423 e. The molecule has 1 atom stereocenters. The maximum atomic E-state index is 3.62. The van der Waals surface area contributed by atoms with Crippen molar-refractivity contribution in [2.75, 3.05) is 24.5 Å². The fourth-order valence-electron chi connectivity index (χ4n) is 2.86. The molecule has 0 amide bonds. The molecule has 1 aliphatic heterocycles. The summed E-state index contributed by atoms with van der Waals surface area (Å²) in [4.78, 5) is 2.56. The third-order valence-electron chi connectivity index (χ3n) is 4.12. The first-order valence-electron chi connectivity index (χ1n) is 7.84. The maximum absolute atomic E-state index is 3.62. The molecule has 1 aromatic rings. The molecule has 1 saturated heterocycles. The number of benzene rings is 1. The van der Waals surface area contributed by atoms with E-state index in [0.717, 1.165) is 19.0 Å². The Bertz CT molecular complexity index is 431. The van der Waals surface area contributed by atoms with Crippen LogP contribution >= 0.6 is 15.9 Å². The second-order valence-electron chi connectivity index (χ2n) is 6.31. The molecule has 0 spiro atoms. The molecule has 20 heavy (non-hydrogen) atoms. The van der Waals surface area contributed by atoms with Crippen LogP contribution in [0.2, 0.25) is 0 Å². The summed E-state index contributed by atoms with van der Waals surface area (Å²) in [5, 5.41) is 3.57. The van der Waals surface area contributed by atoms with Crippen molar-refractivity contribution >= 4 is 21.6 Å². The predicted octanol–water partition coefficient (Wildman–Crippen LogP) is 4.43. The van der Waals surface area contributed by atoms with Gasteiger partial charge in [0.25, 0.3) is 0 Å². The Balaban J connectivity index is 2.08. The molecule has 3 heteroatoms. The largest absolute Gasteiger partial charge is 0.371 e. The lowest BCUT2D eigenvalue weighted by Gasteiger charge is -2.23.